The molecule has 0 aliphatic rings. The summed E-state index contributed by atoms with van der Waals surface area (Å²) in [5.74, 6) is 1.88. The number of imidazole rings is 1. The number of nitrogens with one attached hydrogen (secondary N) is 1. The van der Waals surface area contributed by atoms with Crippen LogP contribution in [0.1, 0.15) is 5.82 Å². The lowest BCUT2D eigenvalue weighted by atomic mass is 10.1. The van der Waals surface area contributed by atoms with Crippen molar-refractivity contribution in [3.05, 3.63) is 66.9 Å². The van der Waals surface area contributed by atoms with E-state index in [4.69, 9.17) is 4.98 Å². The van der Waals surface area contributed by atoms with Crippen molar-refractivity contribution in [3.63, 3.8) is 0 Å². The fourth-order valence-corrected chi connectivity index (χ4v) is 2.62. The van der Waals surface area contributed by atoms with Crippen LogP contribution < -0.4 is 4.90 Å². The molecule has 0 spiro atoms. The van der Waals surface area contributed by atoms with Gasteiger partial charge in [-0.25, -0.2) is 9.97 Å². The number of hydrogen-bond donors (Lipinski definition) is 1. The van der Waals surface area contributed by atoms with E-state index in [1.807, 2.05) is 42.0 Å². The van der Waals surface area contributed by atoms with Crippen LogP contribution in [-0.4, -0.2) is 31.6 Å². The average molecular weight is 304 g/mol. The van der Waals surface area contributed by atoms with Gasteiger partial charge in [0, 0.05) is 37.1 Å². The second-order valence-electron chi connectivity index (χ2n) is 5.36. The number of anilines is 1. The van der Waals surface area contributed by atoms with Crippen LogP contribution in [0.2, 0.25) is 0 Å². The van der Waals surface area contributed by atoms with Gasteiger partial charge in [0.15, 0.2) is 5.65 Å². The third kappa shape index (κ3) is 2.55. The predicted octanol–water partition coefficient (Wildman–Crippen LogP) is 2.76. The molecular formula is C17H16N6. The standard InChI is InChI=1S/C17H16N6/c1-22(12-15-18-9-10-19-15)17-11-14(13-5-3-2-4-6-13)21-16-7-8-20-23(16)17/h2-11H,12H2,1H3,(H,18,19). The molecule has 0 aliphatic carbocycles. The van der Waals surface area contributed by atoms with Gasteiger partial charge in [-0.3, -0.25) is 0 Å². The minimum atomic E-state index is 0.667. The molecule has 0 aliphatic heterocycles. The smallest absolute Gasteiger partial charge is 0.157 e. The summed E-state index contributed by atoms with van der Waals surface area (Å²) in [4.78, 5) is 14.2. The number of nitrogens with zero attached hydrogens (tertiary/aromatic N) is 5. The van der Waals surface area contributed by atoms with Crippen LogP contribution in [0.15, 0.2) is 61.1 Å². The molecule has 4 rings (SSSR count). The Hall–Kier alpha value is -3.15. The van der Waals surface area contributed by atoms with Crippen LogP contribution in [-0.2, 0) is 6.54 Å². The molecule has 0 unspecified atom stereocenters. The summed E-state index contributed by atoms with van der Waals surface area (Å²) in [6.07, 6.45) is 5.35. The van der Waals surface area contributed by atoms with Crippen LogP contribution in [0.4, 0.5) is 5.82 Å². The van der Waals surface area contributed by atoms with E-state index in [0.29, 0.717) is 6.54 Å². The summed E-state index contributed by atoms with van der Waals surface area (Å²) in [7, 11) is 2.02. The SMILES string of the molecule is CN(Cc1ncc[nH]1)c1cc(-c2ccccc2)nc2ccnn12. The van der Waals surface area contributed by atoms with Crippen molar-refractivity contribution in [2.24, 2.45) is 0 Å². The molecule has 0 amide bonds. The molecule has 6 heteroatoms. The van der Waals surface area contributed by atoms with Gasteiger partial charge in [-0.2, -0.15) is 9.61 Å². The fourth-order valence-electron chi connectivity index (χ4n) is 2.62. The molecular weight excluding hydrogens is 288 g/mol. The zero-order valence-electron chi connectivity index (χ0n) is 12.7. The lowest BCUT2D eigenvalue weighted by molar-refractivity contribution is 0.803. The summed E-state index contributed by atoms with van der Waals surface area (Å²) in [6, 6.07) is 14.1. The van der Waals surface area contributed by atoms with Crippen LogP contribution >= 0.6 is 0 Å². The Bertz CT molecular complexity index is 911. The minimum Gasteiger partial charge on any atom is -0.352 e. The van der Waals surface area contributed by atoms with E-state index >= 15 is 0 Å². The second-order valence-corrected chi connectivity index (χ2v) is 5.36. The van der Waals surface area contributed by atoms with Crippen LogP contribution in [0.25, 0.3) is 16.9 Å². The minimum absolute atomic E-state index is 0.667. The third-order valence-electron chi connectivity index (χ3n) is 3.74. The van der Waals surface area contributed by atoms with Crippen molar-refractivity contribution in [1.29, 1.82) is 0 Å². The van der Waals surface area contributed by atoms with E-state index in [1.165, 1.54) is 0 Å². The molecule has 6 nitrogen and oxygen atoms in total. The fraction of sp³-hybridized carbons (Fsp3) is 0.118. The summed E-state index contributed by atoms with van der Waals surface area (Å²) < 4.78 is 1.84. The van der Waals surface area contributed by atoms with Crippen molar-refractivity contribution in [1.82, 2.24) is 24.6 Å². The number of H-pyrrole nitrogens is 1. The Morgan fingerprint density at radius 2 is 2.00 bits per heavy atom. The normalized spacial score (nSPS) is 11.0. The molecule has 114 valence electrons. The molecule has 0 atom stereocenters. The van der Waals surface area contributed by atoms with Crippen molar-refractivity contribution < 1.29 is 0 Å². The largest absolute Gasteiger partial charge is 0.352 e. The van der Waals surface area contributed by atoms with Gasteiger partial charge < -0.3 is 9.88 Å². The molecule has 0 fully saturated rings. The van der Waals surface area contributed by atoms with E-state index in [0.717, 1.165) is 28.5 Å². The Morgan fingerprint density at radius 3 is 2.78 bits per heavy atom. The van der Waals surface area contributed by atoms with Crippen molar-refractivity contribution in [3.8, 4) is 11.3 Å². The monoisotopic (exact) mass is 304 g/mol. The first-order valence-electron chi connectivity index (χ1n) is 7.41. The van der Waals surface area contributed by atoms with E-state index in [9.17, 15) is 0 Å². The average Bonchev–Trinajstić information content (AvgIpc) is 3.25. The first kappa shape index (κ1) is 13.5. The summed E-state index contributed by atoms with van der Waals surface area (Å²) >= 11 is 0. The number of benzene rings is 1. The molecule has 0 saturated carbocycles. The van der Waals surface area contributed by atoms with Crippen molar-refractivity contribution >= 4 is 11.5 Å². The molecule has 4 aromatic rings. The molecule has 3 aromatic heterocycles. The maximum Gasteiger partial charge on any atom is 0.157 e. The van der Waals surface area contributed by atoms with E-state index < -0.39 is 0 Å². The van der Waals surface area contributed by atoms with Gasteiger partial charge in [-0.15, -0.1) is 0 Å². The Balaban J connectivity index is 1.80. The lowest BCUT2D eigenvalue weighted by Crippen LogP contribution is -2.20. The second kappa shape index (κ2) is 5.57. The van der Waals surface area contributed by atoms with Crippen LogP contribution in [0.3, 0.4) is 0 Å². The van der Waals surface area contributed by atoms with Crippen LogP contribution in [0.5, 0.6) is 0 Å². The van der Waals surface area contributed by atoms with Gasteiger partial charge in [-0.05, 0) is 0 Å². The lowest BCUT2D eigenvalue weighted by Gasteiger charge is -2.19. The Kier molecular flexibility index (Phi) is 3.27. The van der Waals surface area contributed by atoms with E-state index in [-0.39, 0.29) is 0 Å². The van der Waals surface area contributed by atoms with Gasteiger partial charge >= 0.3 is 0 Å². The number of aromatic nitrogens is 5. The molecule has 0 saturated heterocycles. The number of aromatic amines is 1. The van der Waals surface area contributed by atoms with E-state index in [1.54, 1.807) is 12.4 Å². The van der Waals surface area contributed by atoms with Gasteiger partial charge in [-0.1, -0.05) is 30.3 Å². The summed E-state index contributed by atoms with van der Waals surface area (Å²) in [6.45, 7) is 0.667. The highest BCUT2D eigenvalue weighted by atomic mass is 15.3. The highest BCUT2D eigenvalue weighted by Crippen LogP contribution is 2.24. The molecule has 0 radical (unpaired) electrons. The maximum atomic E-state index is 4.70. The highest BCUT2D eigenvalue weighted by molar-refractivity contribution is 5.66. The molecule has 0 bridgehead atoms. The summed E-state index contributed by atoms with van der Waals surface area (Å²) in [5, 5.41) is 4.39. The zero-order valence-corrected chi connectivity index (χ0v) is 12.7. The number of hydrogen-bond acceptors (Lipinski definition) is 4. The topological polar surface area (TPSA) is 62.1 Å². The molecule has 3 heterocycles. The van der Waals surface area contributed by atoms with Crippen molar-refractivity contribution in [2.45, 2.75) is 6.54 Å². The Morgan fingerprint density at radius 1 is 1.13 bits per heavy atom. The predicted molar refractivity (Wildman–Crippen MR) is 89.1 cm³/mol. The molecule has 1 aromatic carbocycles. The number of rotatable bonds is 4. The van der Waals surface area contributed by atoms with Gasteiger partial charge in [0.05, 0.1) is 18.4 Å². The zero-order chi connectivity index (χ0) is 15.6. The Labute approximate surface area is 133 Å². The van der Waals surface area contributed by atoms with Gasteiger partial charge in [0.1, 0.15) is 11.6 Å². The van der Waals surface area contributed by atoms with Gasteiger partial charge in [0.2, 0.25) is 0 Å². The van der Waals surface area contributed by atoms with Crippen LogP contribution in [0, 0.1) is 0 Å². The van der Waals surface area contributed by atoms with Gasteiger partial charge in [0.25, 0.3) is 0 Å². The molecule has 1 N–H and O–H groups in total. The van der Waals surface area contributed by atoms with E-state index in [2.05, 4.69) is 38.2 Å². The molecule has 23 heavy (non-hydrogen) atoms. The summed E-state index contributed by atoms with van der Waals surface area (Å²) in [5.41, 5.74) is 2.84. The maximum absolute atomic E-state index is 4.70. The highest BCUT2D eigenvalue weighted by Gasteiger charge is 2.12. The quantitative estimate of drug-likeness (QED) is 0.630. The third-order valence-corrected chi connectivity index (χ3v) is 3.74. The first-order valence-corrected chi connectivity index (χ1v) is 7.41. The first-order chi connectivity index (χ1) is 11.3. The van der Waals surface area contributed by atoms with Crippen molar-refractivity contribution in [2.75, 3.05) is 11.9 Å². The number of fused-ring (bicyclic) bond motifs is 1.